The van der Waals surface area contributed by atoms with Crippen molar-refractivity contribution in [2.24, 2.45) is 5.92 Å². The van der Waals surface area contributed by atoms with Gasteiger partial charge in [0.2, 0.25) is 0 Å². The summed E-state index contributed by atoms with van der Waals surface area (Å²) in [6.07, 6.45) is 16.3. The number of carbonyl (C=O) groups is 1. The van der Waals surface area contributed by atoms with Gasteiger partial charge >= 0.3 is 5.97 Å². The predicted molar refractivity (Wildman–Crippen MR) is 146 cm³/mol. The van der Waals surface area contributed by atoms with Gasteiger partial charge in [-0.05, 0) is 51.4 Å². The third-order valence-electron chi connectivity index (χ3n) is 7.69. The van der Waals surface area contributed by atoms with Crippen molar-refractivity contribution < 1.29 is 33.6 Å². The molecule has 1 fully saturated rings. The van der Waals surface area contributed by atoms with Crippen LogP contribution in [0.4, 0.5) is 0 Å². The number of hydrogen-bond acceptors (Lipinski definition) is 7. The molecule has 4 heterocycles. The van der Waals surface area contributed by atoms with Crippen molar-refractivity contribution >= 4 is 5.97 Å². The van der Waals surface area contributed by atoms with E-state index in [1.807, 2.05) is 18.2 Å². The van der Waals surface area contributed by atoms with Gasteiger partial charge in [-0.1, -0.05) is 61.1 Å². The molecule has 0 unspecified atom stereocenters. The lowest BCUT2D eigenvalue weighted by atomic mass is 9.91. The first kappa shape index (κ1) is 29.0. The SMILES string of the molecule is C=C1C[C@H](C)C[C@@H]2CC=C[C@@H](C/C=C/C(=O)O[C@H]([C@H](/C=C/[C@@H]3CC(C)=CCO3)OC)C[C@H]3O[C@H]3[C@@H](O)C1)O2. The maximum atomic E-state index is 12.8. The van der Waals surface area contributed by atoms with Crippen LogP contribution in [0.5, 0.6) is 0 Å². The largest absolute Gasteiger partial charge is 0.456 e. The van der Waals surface area contributed by atoms with Gasteiger partial charge in [0, 0.05) is 19.6 Å². The maximum Gasteiger partial charge on any atom is 0.330 e. The molecule has 9 atom stereocenters. The first-order chi connectivity index (χ1) is 18.3. The number of hydrogen-bond donors (Lipinski definition) is 1. The van der Waals surface area contributed by atoms with Gasteiger partial charge in [-0.3, -0.25) is 0 Å². The molecule has 0 spiro atoms. The number of aliphatic hydroxyl groups is 1. The molecule has 0 aliphatic carbocycles. The van der Waals surface area contributed by atoms with Crippen molar-refractivity contribution in [3.8, 4) is 0 Å². The Morgan fingerprint density at radius 2 is 2.00 bits per heavy atom. The summed E-state index contributed by atoms with van der Waals surface area (Å²) in [5, 5.41) is 10.8. The topological polar surface area (TPSA) is 86.8 Å². The van der Waals surface area contributed by atoms with Crippen LogP contribution in [-0.2, 0) is 28.5 Å². The number of epoxide rings is 1. The zero-order valence-electron chi connectivity index (χ0n) is 23.0. The minimum atomic E-state index is -0.644. The average molecular weight is 529 g/mol. The van der Waals surface area contributed by atoms with Crippen LogP contribution in [0.1, 0.15) is 58.8 Å². The molecular weight excluding hydrogens is 484 g/mol. The van der Waals surface area contributed by atoms with Crippen molar-refractivity contribution in [1.29, 1.82) is 0 Å². The molecule has 210 valence electrons. The summed E-state index contributed by atoms with van der Waals surface area (Å²) in [4.78, 5) is 12.8. The van der Waals surface area contributed by atoms with Gasteiger partial charge in [0.05, 0.1) is 37.1 Å². The van der Waals surface area contributed by atoms with Gasteiger partial charge in [0.1, 0.15) is 18.3 Å². The van der Waals surface area contributed by atoms with E-state index < -0.39 is 24.3 Å². The number of ether oxygens (including phenoxy) is 5. The van der Waals surface area contributed by atoms with E-state index in [9.17, 15) is 9.90 Å². The lowest BCUT2D eigenvalue weighted by Gasteiger charge is -2.28. The molecule has 2 bridgehead atoms. The molecule has 1 N–H and O–H groups in total. The maximum absolute atomic E-state index is 12.8. The normalized spacial score (nSPS) is 38.9. The second-order valence-corrected chi connectivity index (χ2v) is 11.2. The zero-order chi connectivity index (χ0) is 27.1. The first-order valence-electron chi connectivity index (χ1n) is 14.0. The molecule has 4 rings (SSSR count). The highest BCUT2D eigenvalue weighted by atomic mass is 16.6. The Labute approximate surface area is 227 Å². The summed E-state index contributed by atoms with van der Waals surface area (Å²) >= 11 is 0. The van der Waals surface area contributed by atoms with E-state index in [0.717, 1.165) is 31.3 Å². The van der Waals surface area contributed by atoms with Crippen LogP contribution in [0, 0.1) is 5.92 Å². The fourth-order valence-corrected chi connectivity index (χ4v) is 5.67. The lowest BCUT2D eigenvalue weighted by molar-refractivity contribution is -0.149. The lowest BCUT2D eigenvalue weighted by Crippen LogP contribution is -2.34. The number of cyclic esters (lactones) is 1. The molecule has 0 saturated carbocycles. The van der Waals surface area contributed by atoms with Crippen LogP contribution in [-0.4, -0.2) is 73.6 Å². The smallest absolute Gasteiger partial charge is 0.330 e. The highest BCUT2D eigenvalue weighted by molar-refractivity contribution is 5.82. The van der Waals surface area contributed by atoms with Gasteiger partial charge < -0.3 is 28.8 Å². The quantitative estimate of drug-likeness (QED) is 0.320. The molecule has 7 heteroatoms. The summed E-state index contributed by atoms with van der Waals surface area (Å²) in [5.74, 6) is -0.0337. The van der Waals surface area contributed by atoms with Gasteiger partial charge in [-0.25, -0.2) is 4.79 Å². The third-order valence-corrected chi connectivity index (χ3v) is 7.69. The van der Waals surface area contributed by atoms with Crippen molar-refractivity contribution in [2.45, 2.75) is 108 Å². The van der Waals surface area contributed by atoms with Crippen LogP contribution in [0.3, 0.4) is 0 Å². The summed E-state index contributed by atoms with van der Waals surface area (Å²) in [7, 11) is 1.60. The Balaban J connectivity index is 1.47. The Bertz CT molecular complexity index is 935. The summed E-state index contributed by atoms with van der Waals surface area (Å²) in [6, 6.07) is 0. The molecule has 0 aromatic heterocycles. The molecule has 7 nitrogen and oxygen atoms in total. The second kappa shape index (κ2) is 13.9. The number of esters is 1. The molecule has 4 aliphatic rings. The zero-order valence-corrected chi connectivity index (χ0v) is 23.0. The number of aliphatic hydroxyl groups excluding tert-OH is 1. The average Bonchev–Trinajstić information content (AvgIpc) is 3.63. The van der Waals surface area contributed by atoms with Crippen LogP contribution in [0.25, 0.3) is 0 Å². The van der Waals surface area contributed by atoms with Crippen molar-refractivity contribution in [3.05, 3.63) is 60.3 Å². The van der Waals surface area contributed by atoms with Crippen molar-refractivity contribution in [1.82, 2.24) is 0 Å². The third kappa shape index (κ3) is 8.75. The van der Waals surface area contributed by atoms with E-state index in [4.69, 9.17) is 23.7 Å². The Kier molecular flexibility index (Phi) is 10.6. The molecule has 0 aromatic carbocycles. The molecular formula is C31H44O7. The molecule has 0 amide bonds. The highest BCUT2D eigenvalue weighted by Gasteiger charge is 2.47. The fraction of sp³-hybridized carbons (Fsp3) is 0.645. The number of rotatable bonds is 4. The first-order valence-corrected chi connectivity index (χ1v) is 14.0. The molecule has 1 saturated heterocycles. The molecule has 0 aromatic rings. The molecule has 4 aliphatic heterocycles. The minimum absolute atomic E-state index is 0.0417. The molecule has 38 heavy (non-hydrogen) atoms. The standard InChI is InChI=1S/C31H44O7/c1-20-13-14-35-24(16-20)11-12-27(34-4)28-19-29-31(38-29)26(32)18-22(3)15-21(2)17-25-9-5-7-23(36-25)8-6-10-30(33)37-28/h5-7,10-13,21,23-29,31-32H,3,8-9,14-19H2,1-2,4H3/b10-6+,12-11+/t21-,23-,24+,25-,26-,27-,28-,29+,31-/m0/s1. The van der Waals surface area contributed by atoms with Gasteiger partial charge in [0.15, 0.2) is 0 Å². The van der Waals surface area contributed by atoms with Crippen molar-refractivity contribution in [2.75, 3.05) is 13.7 Å². The van der Waals surface area contributed by atoms with Gasteiger partial charge in [-0.15, -0.1) is 0 Å². The van der Waals surface area contributed by atoms with Crippen LogP contribution in [0.2, 0.25) is 0 Å². The van der Waals surface area contributed by atoms with E-state index in [-0.39, 0.29) is 30.5 Å². The summed E-state index contributed by atoms with van der Waals surface area (Å²) in [5.41, 5.74) is 2.30. The number of methoxy groups -OCH3 is 1. The summed E-state index contributed by atoms with van der Waals surface area (Å²) in [6.45, 7) is 9.11. The van der Waals surface area contributed by atoms with Crippen LogP contribution in [0.15, 0.2) is 60.3 Å². The Morgan fingerprint density at radius 1 is 1.16 bits per heavy atom. The van der Waals surface area contributed by atoms with Crippen molar-refractivity contribution in [3.63, 3.8) is 0 Å². The Morgan fingerprint density at radius 3 is 2.79 bits per heavy atom. The van der Waals surface area contributed by atoms with Gasteiger partial charge in [0.25, 0.3) is 0 Å². The van der Waals surface area contributed by atoms with E-state index in [1.54, 1.807) is 7.11 Å². The van der Waals surface area contributed by atoms with E-state index in [1.165, 1.54) is 11.6 Å². The van der Waals surface area contributed by atoms with Gasteiger partial charge in [-0.2, -0.15) is 0 Å². The summed E-state index contributed by atoms with van der Waals surface area (Å²) < 4.78 is 29.6. The molecule has 0 radical (unpaired) electrons. The number of fused-ring (bicyclic) bond motifs is 3. The fourth-order valence-electron chi connectivity index (χ4n) is 5.67. The monoisotopic (exact) mass is 528 g/mol. The van der Waals surface area contributed by atoms with E-state index in [0.29, 0.717) is 31.8 Å². The van der Waals surface area contributed by atoms with Crippen LogP contribution < -0.4 is 0 Å². The van der Waals surface area contributed by atoms with E-state index >= 15 is 0 Å². The highest BCUT2D eigenvalue weighted by Crippen LogP contribution is 2.35. The number of carbonyl (C=O) groups excluding carboxylic acids is 1. The van der Waals surface area contributed by atoms with Crippen LogP contribution >= 0.6 is 0 Å². The Hall–Kier alpha value is -2.03. The van der Waals surface area contributed by atoms with E-state index in [2.05, 4.69) is 38.7 Å². The minimum Gasteiger partial charge on any atom is -0.456 e. The second-order valence-electron chi connectivity index (χ2n) is 11.2. The predicted octanol–water partition coefficient (Wildman–Crippen LogP) is 4.76.